The van der Waals surface area contributed by atoms with Crippen LogP contribution >= 0.6 is 0 Å². The lowest BCUT2D eigenvalue weighted by molar-refractivity contribution is -0.0956. The lowest BCUT2D eigenvalue weighted by atomic mass is 9.96. The molecule has 0 aliphatic carbocycles. The molecule has 1 aromatic heterocycles. The molecule has 1 aromatic carbocycles. The highest BCUT2D eigenvalue weighted by molar-refractivity contribution is 5.98. The SMILES string of the molecule is Cc1ccc2cc(C(=O)N3CCC(C4OCCO4)CC3)[nH]c2c1. The van der Waals surface area contributed by atoms with Crippen molar-refractivity contribution in [3.63, 3.8) is 0 Å². The lowest BCUT2D eigenvalue weighted by Crippen LogP contribution is -2.41. The summed E-state index contributed by atoms with van der Waals surface area (Å²) in [6.07, 6.45) is 1.81. The van der Waals surface area contributed by atoms with Crippen molar-refractivity contribution in [1.82, 2.24) is 9.88 Å². The number of aryl methyl sites for hydroxylation is 1. The molecule has 2 saturated heterocycles. The van der Waals surface area contributed by atoms with Crippen molar-refractivity contribution in [1.29, 1.82) is 0 Å². The Balaban J connectivity index is 1.44. The van der Waals surface area contributed by atoms with Gasteiger partial charge in [-0.05, 0) is 37.5 Å². The van der Waals surface area contributed by atoms with E-state index in [1.54, 1.807) is 0 Å². The highest BCUT2D eigenvalue weighted by Gasteiger charge is 2.32. The number of amides is 1. The Morgan fingerprint density at radius 1 is 1.17 bits per heavy atom. The Morgan fingerprint density at radius 2 is 1.91 bits per heavy atom. The minimum atomic E-state index is -0.0664. The van der Waals surface area contributed by atoms with Gasteiger partial charge >= 0.3 is 0 Å². The van der Waals surface area contributed by atoms with Gasteiger partial charge in [0.25, 0.3) is 5.91 Å². The van der Waals surface area contributed by atoms with Gasteiger partial charge in [0.2, 0.25) is 0 Å². The second-order valence-electron chi connectivity index (χ2n) is 6.51. The molecule has 5 nitrogen and oxygen atoms in total. The number of hydrogen-bond acceptors (Lipinski definition) is 3. The molecule has 3 heterocycles. The number of nitrogens with zero attached hydrogens (tertiary/aromatic N) is 1. The van der Waals surface area contributed by atoms with Gasteiger partial charge in [-0.15, -0.1) is 0 Å². The number of hydrogen-bond donors (Lipinski definition) is 1. The molecule has 2 aliphatic rings. The number of carbonyl (C=O) groups is 1. The van der Waals surface area contributed by atoms with Crippen molar-refractivity contribution in [2.24, 2.45) is 5.92 Å². The minimum absolute atomic E-state index is 0.0664. The number of rotatable bonds is 2. The average Bonchev–Trinajstić information content (AvgIpc) is 3.23. The van der Waals surface area contributed by atoms with Crippen LogP contribution in [0.15, 0.2) is 24.3 Å². The molecule has 2 fully saturated rings. The van der Waals surface area contributed by atoms with E-state index >= 15 is 0 Å². The molecule has 2 aliphatic heterocycles. The molecule has 5 heteroatoms. The van der Waals surface area contributed by atoms with Crippen LogP contribution in [0.2, 0.25) is 0 Å². The number of piperidine rings is 1. The van der Waals surface area contributed by atoms with Crippen LogP contribution in [-0.2, 0) is 9.47 Å². The van der Waals surface area contributed by atoms with Gasteiger partial charge in [0.1, 0.15) is 5.69 Å². The summed E-state index contributed by atoms with van der Waals surface area (Å²) in [7, 11) is 0. The summed E-state index contributed by atoms with van der Waals surface area (Å²) in [4.78, 5) is 17.9. The summed E-state index contributed by atoms with van der Waals surface area (Å²) in [5, 5.41) is 1.08. The van der Waals surface area contributed by atoms with Crippen molar-refractivity contribution in [2.45, 2.75) is 26.1 Å². The molecule has 122 valence electrons. The molecule has 23 heavy (non-hydrogen) atoms. The fourth-order valence-corrected chi connectivity index (χ4v) is 3.55. The molecular weight excluding hydrogens is 292 g/mol. The first-order valence-corrected chi connectivity index (χ1v) is 8.32. The number of H-pyrrole nitrogens is 1. The van der Waals surface area contributed by atoms with Crippen LogP contribution in [0.1, 0.15) is 28.9 Å². The number of aromatic amines is 1. The first-order chi connectivity index (χ1) is 11.2. The summed E-state index contributed by atoms with van der Waals surface area (Å²) in [5.74, 6) is 0.498. The predicted octanol–water partition coefficient (Wildman–Crippen LogP) is 2.70. The lowest BCUT2D eigenvalue weighted by Gasteiger charge is -2.33. The van der Waals surface area contributed by atoms with Crippen LogP contribution in [0.25, 0.3) is 10.9 Å². The maximum absolute atomic E-state index is 12.7. The fourth-order valence-electron chi connectivity index (χ4n) is 3.55. The molecular formula is C18H22N2O3. The van der Waals surface area contributed by atoms with Gasteiger partial charge in [-0.25, -0.2) is 0 Å². The van der Waals surface area contributed by atoms with Crippen LogP contribution in [-0.4, -0.2) is 48.4 Å². The van der Waals surface area contributed by atoms with E-state index in [1.165, 1.54) is 5.56 Å². The van der Waals surface area contributed by atoms with E-state index in [0.717, 1.165) is 36.8 Å². The Morgan fingerprint density at radius 3 is 2.65 bits per heavy atom. The zero-order valence-corrected chi connectivity index (χ0v) is 13.4. The highest BCUT2D eigenvalue weighted by Crippen LogP contribution is 2.27. The van der Waals surface area contributed by atoms with E-state index < -0.39 is 0 Å². The fraction of sp³-hybridized carbons (Fsp3) is 0.500. The number of aromatic nitrogens is 1. The van der Waals surface area contributed by atoms with E-state index in [1.807, 2.05) is 11.0 Å². The standard InChI is InChI=1S/C18H22N2O3/c1-12-2-3-14-11-16(19-15(14)10-12)17(21)20-6-4-13(5-7-20)18-22-8-9-23-18/h2-3,10-11,13,18-19H,4-9H2,1H3. The van der Waals surface area contributed by atoms with Crippen molar-refractivity contribution >= 4 is 16.8 Å². The van der Waals surface area contributed by atoms with Gasteiger partial charge in [0.05, 0.1) is 13.2 Å². The van der Waals surface area contributed by atoms with Crippen molar-refractivity contribution in [2.75, 3.05) is 26.3 Å². The molecule has 0 saturated carbocycles. The Bertz CT molecular complexity index is 710. The zero-order chi connectivity index (χ0) is 15.8. The number of likely N-dealkylation sites (tertiary alicyclic amines) is 1. The number of benzene rings is 1. The Hall–Kier alpha value is -1.85. The summed E-state index contributed by atoms with van der Waals surface area (Å²) >= 11 is 0. The van der Waals surface area contributed by atoms with Gasteiger partial charge in [-0.2, -0.15) is 0 Å². The number of ether oxygens (including phenoxy) is 2. The number of fused-ring (bicyclic) bond motifs is 1. The Kier molecular flexibility index (Phi) is 3.83. The molecule has 0 spiro atoms. The minimum Gasteiger partial charge on any atom is -0.351 e. The highest BCUT2D eigenvalue weighted by atomic mass is 16.7. The molecule has 4 rings (SSSR count). The largest absolute Gasteiger partial charge is 0.351 e. The average molecular weight is 314 g/mol. The third-order valence-electron chi connectivity index (χ3n) is 4.87. The smallest absolute Gasteiger partial charge is 0.270 e. The topological polar surface area (TPSA) is 54.6 Å². The third-order valence-corrected chi connectivity index (χ3v) is 4.87. The molecule has 1 amide bonds. The number of carbonyl (C=O) groups excluding carboxylic acids is 1. The zero-order valence-electron chi connectivity index (χ0n) is 13.4. The van der Waals surface area contributed by atoms with Crippen LogP contribution < -0.4 is 0 Å². The normalized spacial score (nSPS) is 20.5. The van der Waals surface area contributed by atoms with E-state index in [4.69, 9.17) is 9.47 Å². The molecule has 2 aromatic rings. The summed E-state index contributed by atoms with van der Waals surface area (Å²) in [6, 6.07) is 8.15. The van der Waals surface area contributed by atoms with Crippen molar-refractivity contribution < 1.29 is 14.3 Å². The first-order valence-electron chi connectivity index (χ1n) is 8.32. The first kappa shape index (κ1) is 14.7. The maximum atomic E-state index is 12.7. The van der Waals surface area contributed by atoms with Crippen LogP contribution in [0.4, 0.5) is 0 Å². The maximum Gasteiger partial charge on any atom is 0.270 e. The quantitative estimate of drug-likeness (QED) is 0.927. The van der Waals surface area contributed by atoms with Crippen LogP contribution in [0, 0.1) is 12.8 Å². The molecule has 1 N–H and O–H groups in total. The van der Waals surface area contributed by atoms with E-state index in [9.17, 15) is 4.79 Å². The van der Waals surface area contributed by atoms with Gasteiger partial charge < -0.3 is 19.4 Å². The van der Waals surface area contributed by atoms with Gasteiger partial charge in [-0.3, -0.25) is 4.79 Å². The van der Waals surface area contributed by atoms with E-state index in [0.29, 0.717) is 24.8 Å². The van der Waals surface area contributed by atoms with Crippen LogP contribution in [0.3, 0.4) is 0 Å². The summed E-state index contributed by atoms with van der Waals surface area (Å²) in [5.41, 5.74) is 2.89. The van der Waals surface area contributed by atoms with Gasteiger partial charge in [-0.1, -0.05) is 12.1 Å². The third kappa shape index (κ3) is 2.86. The van der Waals surface area contributed by atoms with Gasteiger partial charge in [0.15, 0.2) is 6.29 Å². The second-order valence-corrected chi connectivity index (χ2v) is 6.51. The molecule has 0 radical (unpaired) electrons. The second kappa shape index (κ2) is 5.98. The Labute approximate surface area is 135 Å². The monoisotopic (exact) mass is 314 g/mol. The number of nitrogens with one attached hydrogen (secondary N) is 1. The molecule has 0 atom stereocenters. The van der Waals surface area contributed by atoms with Gasteiger partial charge in [0, 0.05) is 29.9 Å². The van der Waals surface area contributed by atoms with E-state index in [-0.39, 0.29) is 12.2 Å². The predicted molar refractivity (Wildman–Crippen MR) is 87.4 cm³/mol. The molecule has 0 bridgehead atoms. The summed E-state index contributed by atoms with van der Waals surface area (Å²) < 4.78 is 11.2. The summed E-state index contributed by atoms with van der Waals surface area (Å²) in [6.45, 7) is 4.97. The van der Waals surface area contributed by atoms with E-state index in [2.05, 4.69) is 30.1 Å². The van der Waals surface area contributed by atoms with Crippen LogP contribution in [0.5, 0.6) is 0 Å². The molecule has 0 unspecified atom stereocenters. The van der Waals surface area contributed by atoms with Crippen molar-refractivity contribution in [3.8, 4) is 0 Å². The van der Waals surface area contributed by atoms with Crippen molar-refractivity contribution in [3.05, 3.63) is 35.5 Å².